The predicted octanol–water partition coefficient (Wildman–Crippen LogP) is 1.36. The molecule has 1 fully saturated rings. The molecule has 0 aliphatic carbocycles. The molecule has 0 aromatic carbocycles. The van der Waals surface area contributed by atoms with Crippen LogP contribution in [0.25, 0.3) is 0 Å². The highest BCUT2D eigenvalue weighted by Gasteiger charge is 2.36. The molecule has 0 amide bonds. The van der Waals surface area contributed by atoms with Crippen LogP contribution in [0.15, 0.2) is 12.7 Å². The summed E-state index contributed by atoms with van der Waals surface area (Å²) in [5, 5.41) is 8.90. The average Bonchev–Trinajstić information content (AvgIpc) is 2.46. The van der Waals surface area contributed by atoms with Gasteiger partial charge in [-0.25, -0.2) is 0 Å². The summed E-state index contributed by atoms with van der Waals surface area (Å²) in [5.74, 6) is -0.881. The first-order chi connectivity index (χ1) is 6.07. The minimum Gasteiger partial charge on any atom is -0.481 e. The molecule has 1 N–H and O–H groups in total. The fourth-order valence-corrected chi connectivity index (χ4v) is 2.00. The van der Waals surface area contributed by atoms with E-state index < -0.39 is 5.97 Å². The normalized spacial score (nSPS) is 31.5. The molecular weight excluding hydrogens is 166 g/mol. The van der Waals surface area contributed by atoms with Crippen LogP contribution in [0.3, 0.4) is 0 Å². The van der Waals surface area contributed by atoms with Crippen LogP contribution in [0.2, 0.25) is 0 Å². The molecule has 3 atom stereocenters. The summed E-state index contributed by atoms with van der Waals surface area (Å²) in [7, 11) is 0. The Morgan fingerprint density at radius 1 is 1.77 bits per heavy atom. The molecule has 1 aliphatic rings. The number of nitrogens with zero attached hydrogens (tertiary/aromatic N) is 1. The van der Waals surface area contributed by atoms with Crippen molar-refractivity contribution in [3.8, 4) is 0 Å². The van der Waals surface area contributed by atoms with Crippen molar-refractivity contribution in [2.45, 2.75) is 32.4 Å². The highest BCUT2D eigenvalue weighted by molar-refractivity contribution is 5.71. The van der Waals surface area contributed by atoms with E-state index in [1.807, 2.05) is 19.9 Å². The third-order valence-corrected chi connectivity index (χ3v) is 2.99. The number of likely N-dealkylation sites (tertiary alicyclic amines) is 1. The van der Waals surface area contributed by atoms with E-state index in [1.54, 1.807) is 0 Å². The molecule has 1 aliphatic heterocycles. The fourth-order valence-electron chi connectivity index (χ4n) is 2.00. The molecule has 3 nitrogen and oxygen atoms in total. The quantitative estimate of drug-likeness (QED) is 0.671. The first kappa shape index (κ1) is 10.3. The molecule has 3 unspecified atom stereocenters. The first-order valence-corrected chi connectivity index (χ1v) is 4.69. The summed E-state index contributed by atoms with van der Waals surface area (Å²) in [6.07, 6.45) is 2.62. The van der Waals surface area contributed by atoms with E-state index in [2.05, 4.69) is 11.5 Å². The van der Waals surface area contributed by atoms with Gasteiger partial charge in [-0.05, 0) is 26.8 Å². The molecule has 13 heavy (non-hydrogen) atoms. The zero-order valence-corrected chi connectivity index (χ0v) is 8.23. The van der Waals surface area contributed by atoms with Crippen LogP contribution in [0.4, 0.5) is 0 Å². The monoisotopic (exact) mass is 183 g/mol. The van der Waals surface area contributed by atoms with Crippen LogP contribution < -0.4 is 0 Å². The van der Waals surface area contributed by atoms with Crippen molar-refractivity contribution in [1.82, 2.24) is 4.90 Å². The van der Waals surface area contributed by atoms with E-state index in [4.69, 9.17) is 5.11 Å². The van der Waals surface area contributed by atoms with Gasteiger partial charge in [0.25, 0.3) is 0 Å². The SMILES string of the molecule is C=CC(C)N1CCC(C(=O)O)C1C. The summed E-state index contributed by atoms with van der Waals surface area (Å²) >= 11 is 0. The van der Waals surface area contributed by atoms with Gasteiger partial charge < -0.3 is 5.11 Å². The summed E-state index contributed by atoms with van der Waals surface area (Å²) in [6, 6.07) is 0.407. The molecule has 0 spiro atoms. The van der Waals surface area contributed by atoms with Gasteiger partial charge in [0.1, 0.15) is 0 Å². The van der Waals surface area contributed by atoms with E-state index in [9.17, 15) is 4.79 Å². The van der Waals surface area contributed by atoms with Crippen molar-refractivity contribution in [1.29, 1.82) is 0 Å². The molecule has 0 saturated carbocycles. The second-order valence-corrected chi connectivity index (χ2v) is 3.69. The van der Waals surface area contributed by atoms with Gasteiger partial charge in [-0.15, -0.1) is 6.58 Å². The van der Waals surface area contributed by atoms with Crippen molar-refractivity contribution in [2.24, 2.45) is 5.92 Å². The Labute approximate surface area is 79.0 Å². The lowest BCUT2D eigenvalue weighted by atomic mass is 10.0. The lowest BCUT2D eigenvalue weighted by Gasteiger charge is -2.27. The number of hydrogen-bond donors (Lipinski definition) is 1. The zero-order chi connectivity index (χ0) is 10.0. The number of rotatable bonds is 3. The summed E-state index contributed by atoms with van der Waals surface area (Å²) in [4.78, 5) is 13.0. The van der Waals surface area contributed by atoms with Gasteiger partial charge in [-0.3, -0.25) is 9.69 Å². The van der Waals surface area contributed by atoms with Crippen LogP contribution in [0.1, 0.15) is 20.3 Å². The molecule has 0 radical (unpaired) electrons. The van der Waals surface area contributed by atoms with Gasteiger partial charge in [0.2, 0.25) is 0 Å². The molecule has 0 aromatic rings. The second-order valence-electron chi connectivity index (χ2n) is 3.69. The van der Waals surface area contributed by atoms with E-state index in [0.29, 0.717) is 0 Å². The molecular formula is C10H17NO2. The van der Waals surface area contributed by atoms with Gasteiger partial charge in [-0.1, -0.05) is 6.08 Å². The molecule has 3 heteroatoms. The Bertz CT molecular complexity index is 215. The second kappa shape index (κ2) is 3.92. The fraction of sp³-hybridized carbons (Fsp3) is 0.700. The van der Waals surface area contributed by atoms with Crippen LogP contribution in [0, 0.1) is 5.92 Å². The van der Waals surface area contributed by atoms with E-state index in [0.717, 1.165) is 13.0 Å². The average molecular weight is 183 g/mol. The largest absolute Gasteiger partial charge is 0.481 e. The van der Waals surface area contributed by atoms with Gasteiger partial charge in [-0.2, -0.15) is 0 Å². The highest BCUT2D eigenvalue weighted by atomic mass is 16.4. The third kappa shape index (κ3) is 1.91. The van der Waals surface area contributed by atoms with E-state index in [-0.39, 0.29) is 18.0 Å². The Morgan fingerprint density at radius 2 is 2.38 bits per heavy atom. The lowest BCUT2D eigenvalue weighted by molar-refractivity contribution is -0.142. The first-order valence-electron chi connectivity index (χ1n) is 4.69. The summed E-state index contributed by atoms with van der Waals surface area (Å²) in [6.45, 7) is 8.61. The van der Waals surface area contributed by atoms with Crippen molar-refractivity contribution >= 4 is 5.97 Å². The molecule has 0 aromatic heterocycles. The minimum atomic E-state index is -0.675. The van der Waals surface area contributed by atoms with E-state index in [1.165, 1.54) is 0 Å². The van der Waals surface area contributed by atoms with E-state index >= 15 is 0 Å². The number of hydrogen-bond acceptors (Lipinski definition) is 2. The third-order valence-electron chi connectivity index (χ3n) is 2.99. The Morgan fingerprint density at radius 3 is 2.77 bits per heavy atom. The van der Waals surface area contributed by atoms with Gasteiger partial charge >= 0.3 is 5.97 Å². The standard InChI is InChI=1S/C10H17NO2/c1-4-7(2)11-6-5-9(8(11)3)10(12)13/h4,7-9H,1,5-6H2,2-3H3,(H,12,13). The zero-order valence-electron chi connectivity index (χ0n) is 8.23. The number of aliphatic carboxylic acids is 1. The predicted molar refractivity (Wildman–Crippen MR) is 51.6 cm³/mol. The lowest BCUT2D eigenvalue weighted by Crippen LogP contribution is -2.38. The molecule has 1 heterocycles. The van der Waals surface area contributed by atoms with Crippen molar-refractivity contribution in [2.75, 3.05) is 6.54 Å². The Balaban J connectivity index is 2.64. The maximum Gasteiger partial charge on any atom is 0.308 e. The van der Waals surface area contributed by atoms with Crippen LogP contribution in [-0.4, -0.2) is 34.6 Å². The topological polar surface area (TPSA) is 40.5 Å². The van der Waals surface area contributed by atoms with Gasteiger partial charge in [0.15, 0.2) is 0 Å². The van der Waals surface area contributed by atoms with Gasteiger partial charge in [0.05, 0.1) is 5.92 Å². The number of carboxylic acid groups (broad SMARTS) is 1. The van der Waals surface area contributed by atoms with Crippen LogP contribution in [0.5, 0.6) is 0 Å². The van der Waals surface area contributed by atoms with Crippen molar-refractivity contribution < 1.29 is 9.90 Å². The summed E-state index contributed by atoms with van der Waals surface area (Å²) in [5.41, 5.74) is 0. The van der Waals surface area contributed by atoms with Gasteiger partial charge in [0, 0.05) is 12.1 Å². The summed E-state index contributed by atoms with van der Waals surface area (Å²) < 4.78 is 0. The molecule has 0 bridgehead atoms. The number of carboxylic acids is 1. The van der Waals surface area contributed by atoms with Crippen molar-refractivity contribution in [3.05, 3.63) is 12.7 Å². The molecule has 1 rings (SSSR count). The maximum atomic E-state index is 10.8. The highest BCUT2D eigenvalue weighted by Crippen LogP contribution is 2.26. The smallest absolute Gasteiger partial charge is 0.308 e. The van der Waals surface area contributed by atoms with Crippen molar-refractivity contribution in [3.63, 3.8) is 0 Å². The van der Waals surface area contributed by atoms with Crippen LogP contribution in [-0.2, 0) is 4.79 Å². The Hall–Kier alpha value is -0.830. The molecule has 1 saturated heterocycles. The minimum absolute atomic E-state index is 0.130. The van der Waals surface area contributed by atoms with Crippen LogP contribution >= 0.6 is 0 Å². The number of carbonyl (C=O) groups is 1. The Kier molecular flexibility index (Phi) is 3.09. The maximum absolute atomic E-state index is 10.8. The molecule has 74 valence electrons.